The lowest BCUT2D eigenvalue weighted by atomic mass is 9.97. The molecule has 0 amide bonds. The van der Waals surface area contributed by atoms with Gasteiger partial charge in [-0.15, -0.1) is 11.8 Å². The highest BCUT2D eigenvalue weighted by atomic mass is 32.2. The number of benzene rings is 4. The predicted molar refractivity (Wildman–Crippen MR) is 210 cm³/mol. The van der Waals surface area contributed by atoms with E-state index in [-0.39, 0.29) is 30.5 Å². The molecule has 7 rings (SSSR count). The van der Waals surface area contributed by atoms with Gasteiger partial charge in [-0.3, -0.25) is 4.79 Å². The van der Waals surface area contributed by atoms with Crippen LogP contribution in [0.1, 0.15) is 43.0 Å². The number of esters is 2. The first-order valence-corrected chi connectivity index (χ1v) is 19.8. The summed E-state index contributed by atoms with van der Waals surface area (Å²) in [6, 6.07) is 39.4. The van der Waals surface area contributed by atoms with Gasteiger partial charge in [-0.1, -0.05) is 121 Å². The first kappa shape index (κ1) is 39.7. The van der Waals surface area contributed by atoms with Gasteiger partial charge in [-0.05, 0) is 43.0 Å². The van der Waals surface area contributed by atoms with Crippen LogP contribution in [0.5, 0.6) is 0 Å². The van der Waals surface area contributed by atoms with E-state index in [0.717, 1.165) is 22.3 Å². The van der Waals surface area contributed by atoms with Gasteiger partial charge < -0.3 is 37.9 Å². The molecule has 294 valence electrons. The Balaban J connectivity index is 1.20. The highest BCUT2D eigenvalue weighted by Gasteiger charge is 2.55. The third-order valence-electron chi connectivity index (χ3n) is 9.58. The Kier molecular flexibility index (Phi) is 13.2. The molecular weight excluding hydrogens is 733 g/mol. The van der Waals surface area contributed by atoms with Gasteiger partial charge in [-0.2, -0.15) is 0 Å². The Labute approximate surface area is 332 Å². The maximum atomic E-state index is 13.9. The van der Waals surface area contributed by atoms with Crippen molar-refractivity contribution >= 4 is 23.7 Å². The lowest BCUT2D eigenvalue weighted by Crippen LogP contribution is -2.62. The van der Waals surface area contributed by atoms with Crippen molar-refractivity contribution in [3.63, 3.8) is 0 Å². The second kappa shape index (κ2) is 18.6. The number of thioether (sulfide) groups is 1. The van der Waals surface area contributed by atoms with Crippen molar-refractivity contribution in [1.29, 1.82) is 0 Å². The fourth-order valence-electron chi connectivity index (χ4n) is 6.60. The number of fused-ring (bicyclic) bond motifs is 1. The number of hydrogen-bond acceptors (Lipinski definition) is 11. The van der Waals surface area contributed by atoms with Crippen LogP contribution in [0, 0.1) is 5.41 Å². The minimum Gasteiger partial charge on any atom is -0.464 e. The van der Waals surface area contributed by atoms with Gasteiger partial charge in [-0.25, -0.2) is 4.79 Å². The highest BCUT2D eigenvalue weighted by molar-refractivity contribution is 8.04. The first-order valence-electron chi connectivity index (χ1n) is 18.9. The zero-order valence-electron chi connectivity index (χ0n) is 31.8. The average molecular weight is 781 g/mol. The monoisotopic (exact) mass is 780 g/mol. The highest BCUT2D eigenvalue weighted by Crippen LogP contribution is 2.47. The summed E-state index contributed by atoms with van der Waals surface area (Å²) in [7, 11) is 0. The summed E-state index contributed by atoms with van der Waals surface area (Å²) in [6.45, 7) is 6.43. The van der Waals surface area contributed by atoms with Crippen LogP contribution in [0.15, 0.2) is 132 Å². The Morgan fingerprint density at radius 2 is 1.12 bits per heavy atom. The van der Waals surface area contributed by atoms with Gasteiger partial charge in [0, 0.05) is 0 Å². The zero-order valence-corrected chi connectivity index (χ0v) is 32.6. The van der Waals surface area contributed by atoms with Gasteiger partial charge in [0.05, 0.1) is 38.4 Å². The maximum absolute atomic E-state index is 13.9. The Morgan fingerprint density at radius 1 is 0.625 bits per heavy atom. The van der Waals surface area contributed by atoms with E-state index < -0.39 is 59.4 Å². The van der Waals surface area contributed by atoms with Crippen molar-refractivity contribution < 1.29 is 47.5 Å². The van der Waals surface area contributed by atoms with Crippen LogP contribution in [-0.4, -0.2) is 67.2 Å². The lowest BCUT2D eigenvalue weighted by Gasteiger charge is -2.49. The number of rotatable bonds is 15. The molecule has 0 unspecified atom stereocenters. The third-order valence-corrected chi connectivity index (χ3v) is 10.9. The quantitative estimate of drug-likeness (QED) is 0.112. The van der Waals surface area contributed by atoms with E-state index in [1.165, 1.54) is 11.8 Å². The van der Waals surface area contributed by atoms with Gasteiger partial charge in [0.15, 0.2) is 18.0 Å². The molecule has 10 nitrogen and oxygen atoms in total. The number of cyclic esters (lactones) is 1. The minimum absolute atomic E-state index is 0.185. The normalized spacial score (nSPS) is 24.7. The fourth-order valence-corrected chi connectivity index (χ4v) is 7.90. The van der Waals surface area contributed by atoms with Crippen molar-refractivity contribution in [1.82, 2.24) is 0 Å². The Morgan fingerprint density at radius 3 is 1.66 bits per heavy atom. The molecule has 0 radical (unpaired) electrons. The van der Waals surface area contributed by atoms with Crippen molar-refractivity contribution in [2.45, 2.75) is 89.3 Å². The molecule has 0 bridgehead atoms. The molecule has 0 aromatic heterocycles. The summed E-state index contributed by atoms with van der Waals surface area (Å²) in [5.41, 5.74) is 3.16. The second-order valence-corrected chi connectivity index (χ2v) is 16.2. The maximum Gasteiger partial charge on any atom is 0.348 e. The molecule has 11 heteroatoms. The van der Waals surface area contributed by atoms with Crippen molar-refractivity contribution in [2.75, 3.05) is 13.2 Å². The van der Waals surface area contributed by atoms with Gasteiger partial charge >= 0.3 is 11.9 Å². The molecule has 4 aromatic carbocycles. The molecule has 56 heavy (non-hydrogen) atoms. The molecule has 0 spiro atoms. The number of carbonyl (C=O) groups excluding carboxylic acids is 2. The van der Waals surface area contributed by atoms with E-state index in [0.29, 0.717) is 19.8 Å². The lowest BCUT2D eigenvalue weighted by molar-refractivity contribution is -0.272. The van der Waals surface area contributed by atoms with Gasteiger partial charge in [0.25, 0.3) is 0 Å². The van der Waals surface area contributed by atoms with Crippen LogP contribution in [0.2, 0.25) is 0 Å². The van der Waals surface area contributed by atoms with Crippen LogP contribution < -0.4 is 0 Å². The molecule has 1 saturated heterocycles. The number of ether oxygens (including phenoxy) is 8. The standard InChI is InChI=1S/C45H48O10S/c1-45(2,3)44(47)52-29-35-37(50-26-32-20-12-6-13-21-32)39-40(42(46)53-35)56-41-38(51-27-33-22-14-7-15-23-33)36(49-25-31-18-10-5-11-19-31)34(54-43(41)55-39)28-48-24-30-16-8-4-9-17-30/h4-23,34-38,41,43H,24-29H2,1-3H3/t34-,35+,36-,37+,38+,41+,43+/m0/s1. The van der Waals surface area contributed by atoms with Gasteiger partial charge in [0.2, 0.25) is 6.29 Å². The van der Waals surface area contributed by atoms with Crippen LogP contribution in [-0.2, 0) is 73.9 Å². The summed E-state index contributed by atoms with van der Waals surface area (Å²) < 4.78 is 51.4. The van der Waals surface area contributed by atoms with E-state index in [1.54, 1.807) is 20.8 Å². The van der Waals surface area contributed by atoms with Gasteiger partial charge in [0.1, 0.15) is 35.1 Å². The molecule has 3 aliphatic rings. The van der Waals surface area contributed by atoms with Crippen LogP contribution >= 0.6 is 11.8 Å². The van der Waals surface area contributed by atoms with E-state index in [2.05, 4.69) is 0 Å². The van der Waals surface area contributed by atoms with E-state index in [9.17, 15) is 9.59 Å². The third kappa shape index (κ3) is 10.1. The van der Waals surface area contributed by atoms with Crippen molar-refractivity contribution in [3.05, 3.63) is 154 Å². The molecular formula is C45H48O10S. The number of hydrogen-bond donors (Lipinski definition) is 0. The smallest absolute Gasteiger partial charge is 0.348 e. The molecule has 0 N–H and O–H groups in total. The summed E-state index contributed by atoms with van der Waals surface area (Å²) >= 11 is 1.28. The van der Waals surface area contributed by atoms with Crippen LogP contribution in [0.3, 0.4) is 0 Å². The SMILES string of the molecule is CC(C)(C)C(=O)OC[C@H]1OC(=O)C2=C(O[C@H]3O[C@@H](COCc4ccccc4)[C@H](OCc4ccccc4)[C@@H](OCc4ccccc4)[C@H]3S2)[C@@H]1OCc1ccccc1. The number of carbonyl (C=O) groups is 2. The Hall–Kier alpha value is -4.49. The molecule has 3 heterocycles. The Bertz CT molecular complexity index is 1900. The van der Waals surface area contributed by atoms with Crippen LogP contribution in [0.25, 0.3) is 0 Å². The molecule has 0 saturated carbocycles. The van der Waals surface area contributed by atoms with Crippen molar-refractivity contribution in [2.24, 2.45) is 5.41 Å². The largest absolute Gasteiger partial charge is 0.464 e. The fraction of sp³-hybridized carbons (Fsp3) is 0.378. The summed E-state index contributed by atoms with van der Waals surface area (Å²) in [4.78, 5) is 27.0. The minimum atomic E-state index is -0.964. The zero-order chi connectivity index (χ0) is 38.9. The summed E-state index contributed by atoms with van der Waals surface area (Å²) in [5, 5.41) is -0.541. The molecule has 4 aromatic rings. The predicted octanol–water partition coefficient (Wildman–Crippen LogP) is 7.54. The topological polar surface area (TPSA) is 108 Å². The first-order chi connectivity index (χ1) is 27.2. The van der Waals surface area contributed by atoms with E-state index >= 15 is 0 Å². The average Bonchev–Trinajstić information content (AvgIpc) is 3.21. The summed E-state index contributed by atoms with van der Waals surface area (Å²) in [6.07, 6.45) is -4.57. The molecule has 7 atom stereocenters. The molecule has 0 aliphatic carbocycles. The second-order valence-electron chi connectivity index (χ2n) is 15.0. The van der Waals surface area contributed by atoms with Crippen LogP contribution in [0.4, 0.5) is 0 Å². The van der Waals surface area contributed by atoms with Crippen molar-refractivity contribution in [3.8, 4) is 0 Å². The van der Waals surface area contributed by atoms with E-state index in [4.69, 9.17) is 37.9 Å². The molecule has 1 fully saturated rings. The molecule has 3 aliphatic heterocycles. The summed E-state index contributed by atoms with van der Waals surface area (Å²) in [5.74, 6) is -0.755. The van der Waals surface area contributed by atoms with E-state index in [1.807, 2.05) is 121 Å².